The Hall–Kier alpha value is -2.37. The van der Waals surface area contributed by atoms with Crippen LogP contribution in [0, 0.1) is 0 Å². The van der Waals surface area contributed by atoms with E-state index in [2.05, 4.69) is 5.32 Å². The zero-order valence-corrected chi connectivity index (χ0v) is 12.9. The van der Waals surface area contributed by atoms with Crippen LogP contribution in [-0.4, -0.2) is 47.8 Å². The molecule has 0 aliphatic carbocycles. The molecular formula is C16H21N3O3. The Kier molecular flexibility index (Phi) is 5.14. The number of benzene rings is 1. The molecule has 118 valence electrons. The van der Waals surface area contributed by atoms with Crippen molar-refractivity contribution in [1.82, 2.24) is 15.1 Å². The van der Waals surface area contributed by atoms with Crippen molar-refractivity contribution < 1.29 is 14.4 Å². The van der Waals surface area contributed by atoms with E-state index in [-0.39, 0.29) is 43.4 Å². The molecule has 0 spiro atoms. The highest BCUT2D eigenvalue weighted by Gasteiger charge is 2.32. The number of nitrogens with zero attached hydrogens (tertiary/aromatic N) is 2. The van der Waals surface area contributed by atoms with Crippen LogP contribution in [0.2, 0.25) is 0 Å². The van der Waals surface area contributed by atoms with Gasteiger partial charge in [-0.3, -0.25) is 14.5 Å². The third kappa shape index (κ3) is 3.84. The fraction of sp³-hybridized carbons (Fsp3) is 0.438. The van der Waals surface area contributed by atoms with Crippen molar-refractivity contribution in [3.63, 3.8) is 0 Å². The van der Waals surface area contributed by atoms with E-state index in [4.69, 9.17) is 0 Å². The Labute approximate surface area is 130 Å². The van der Waals surface area contributed by atoms with E-state index < -0.39 is 0 Å². The number of nitrogens with one attached hydrogen (secondary N) is 1. The maximum absolute atomic E-state index is 11.9. The largest absolute Gasteiger partial charge is 0.350 e. The average Bonchev–Trinajstić information content (AvgIpc) is 2.74. The summed E-state index contributed by atoms with van der Waals surface area (Å²) in [5.74, 6) is -0.283. The number of urea groups is 1. The quantitative estimate of drug-likeness (QED) is 0.810. The molecule has 2 rings (SSSR count). The number of carbonyl (C=O) groups is 3. The standard InChI is InChI=1S/C16H21N3O3/c1-12(13-7-4-3-5-8-13)17-14(20)9-6-10-19-15(21)11-18(2)16(19)22/h3-5,7-8,12H,6,9-11H2,1-2H3,(H,17,20)/t12-/m1/s1. The Morgan fingerprint density at radius 3 is 2.55 bits per heavy atom. The molecule has 1 saturated heterocycles. The zero-order valence-electron chi connectivity index (χ0n) is 12.9. The number of rotatable bonds is 6. The maximum Gasteiger partial charge on any atom is 0.326 e. The SMILES string of the molecule is C[C@@H](NC(=O)CCCN1C(=O)CN(C)C1=O)c1ccccc1. The number of imide groups is 1. The minimum Gasteiger partial charge on any atom is -0.350 e. The van der Waals surface area contributed by atoms with Crippen molar-refractivity contribution >= 4 is 17.8 Å². The predicted molar refractivity (Wildman–Crippen MR) is 82.0 cm³/mol. The summed E-state index contributed by atoms with van der Waals surface area (Å²) < 4.78 is 0. The third-order valence-corrected chi connectivity index (χ3v) is 3.69. The van der Waals surface area contributed by atoms with E-state index in [0.29, 0.717) is 6.42 Å². The van der Waals surface area contributed by atoms with Crippen LogP contribution in [0.4, 0.5) is 4.79 Å². The van der Waals surface area contributed by atoms with Crippen molar-refractivity contribution in [1.29, 1.82) is 0 Å². The first-order valence-electron chi connectivity index (χ1n) is 7.39. The molecule has 1 aromatic rings. The van der Waals surface area contributed by atoms with Crippen LogP contribution in [0.15, 0.2) is 30.3 Å². The Balaban J connectivity index is 1.74. The molecule has 0 radical (unpaired) electrons. The predicted octanol–water partition coefficient (Wildman–Crippen LogP) is 1.54. The van der Waals surface area contributed by atoms with E-state index in [9.17, 15) is 14.4 Å². The molecule has 4 amide bonds. The lowest BCUT2D eigenvalue weighted by Crippen LogP contribution is -2.33. The maximum atomic E-state index is 11.9. The number of amides is 4. The number of likely N-dealkylation sites (N-methyl/N-ethyl adjacent to an activating group) is 1. The molecule has 6 heteroatoms. The van der Waals surface area contributed by atoms with E-state index >= 15 is 0 Å². The van der Waals surface area contributed by atoms with Crippen LogP contribution in [-0.2, 0) is 9.59 Å². The summed E-state index contributed by atoms with van der Waals surface area (Å²) in [6.45, 7) is 2.33. The second-order valence-corrected chi connectivity index (χ2v) is 5.49. The van der Waals surface area contributed by atoms with Gasteiger partial charge in [0.15, 0.2) is 0 Å². The van der Waals surface area contributed by atoms with Gasteiger partial charge in [-0.15, -0.1) is 0 Å². The van der Waals surface area contributed by atoms with Crippen LogP contribution in [0.3, 0.4) is 0 Å². The fourth-order valence-corrected chi connectivity index (χ4v) is 2.43. The van der Waals surface area contributed by atoms with Gasteiger partial charge in [0.2, 0.25) is 11.8 Å². The molecule has 6 nitrogen and oxygen atoms in total. The van der Waals surface area contributed by atoms with Gasteiger partial charge >= 0.3 is 6.03 Å². The Morgan fingerprint density at radius 1 is 1.27 bits per heavy atom. The lowest BCUT2D eigenvalue weighted by Gasteiger charge is -2.16. The van der Waals surface area contributed by atoms with Crippen molar-refractivity contribution in [3.05, 3.63) is 35.9 Å². The summed E-state index contributed by atoms with van der Waals surface area (Å²) in [4.78, 5) is 37.8. The van der Waals surface area contributed by atoms with E-state index in [1.165, 1.54) is 9.80 Å². The molecule has 1 aromatic carbocycles. The van der Waals surface area contributed by atoms with Crippen LogP contribution in [0.5, 0.6) is 0 Å². The average molecular weight is 303 g/mol. The van der Waals surface area contributed by atoms with Crippen LogP contribution in [0.25, 0.3) is 0 Å². The normalized spacial score (nSPS) is 16.1. The third-order valence-electron chi connectivity index (χ3n) is 3.69. The second-order valence-electron chi connectivity index (χ2n) is 5.49. The first-order chi connectivity index (χ1) is 10.5. The highest BCUT2D eigenvalue weighted by molar-refractivity contribution is 6.01. The van der Waals surface area contributed by atoms with Gasteiger partial charge in [0, 0.05) is 20.0 Å². The minimum atomic E-state index is -0.289. The lowest BCUT2D eigenvalue weighted by molar-refractivity contribution is -0.126. The van der Waals surface area contributed by atoms with Crippen LogP contribution >= 0.6 is 0 Å². The molecule has 1 aliphatic rings. The molecule has 1 heterocycles. The number of hydrogen-bond donors (Lipinski definition) is 1. The van der Waals surface area contributed by atoms with Crippen LogP contribution < -0.4 is 5.32 Å². The minimum absolute atomic E-state index is 0.0603. The molecule has 0 saturated carbocycles. The Morgan fingerprint density at radius 2 is 1.95 bits per heavy atom. The van der Waals surface area contributed by atoms with Crippen molar-refractivity contribution in [2.75, 3.05) is 20.1 Å². The van der Waals surface area contributed by atoms with Gasteiger partial charge in [0.25, 0.3) is 0 Å². The molecule has 0 aromatic heterocycles. The van der Waals surface area contributed by atoms with Gasteiger partial charge in [-0.25, -0.2) is 4.79 Å². The monoisotopic (exact) mass is 303 g/mol. The molecule has 1 fully saturated rings. The smallest absolute Gasteiger partial charge is 0.326 e. The summed E-state index contributed by atoms with van der Waals surface area (Å²) in [7, 11) is 1.59. The summed E-state index contributed by atoms with van der Waals surface area (Å²) in [5, 5.41) is 2.92. The first-order valence-corrected chi connectivity index (χ1v) is 7.39. The van der Waals surface area contributed by atoms with Crippen molar-refractivity contribution in [3.8, 4) is 0 Å². The molecule has 0 bridgehead atoms. The Bertz CT molecular complexity index is 559. The van der Waals surface area contributed by atoms with E-state index in [1.807, 2.05) is 37.3 Å². The summed E-state index contributed by atoms with van der Waals surface area (Å²) in [5.41, 5.74) is 1.04. The van der Waals surface area contributed by atoms with Crippen LogP contribution in [0.1, 0.15) is 31.4 Å². The van der Waals surface area contributed by atoms with Gasteiger partial charge in [-0.1, -0.05) is 30.3 Å². The van der Waals surface area contributed by atoms with Gasteiger partial charge < -0.3 is 10.2 Å². The highest BCUT2D eigenvalue weighted by atomic mass is 16.2. The van der Waals surface area contributed by atoms with Crippen molar-refractivity contribution in [2.45, 2.75) is 25.8 Å². The van der Waals surface area contributed by atoms with Gasteiger partial charge in [-0.2, -0.15) is 0 Å². The molecule has 1 aliphatic heterocycles. The van der Waals surface area contributed by atoms with E-state index in [0.717, 1.165) is 5.56 Å². The molecular weight excluding hydrogens is 282 g/mol. The summed E-state index contributed by atoms with van der Waals surface area (Å²) >= 11 is 0. The number of hydrogen-bond acceptors (Lipinski definition) is 3. The van der Waals surface area contributed by atoms with Crippen molar-refractivity contribution in [2.24, 2.45) is 0 Å². The van der Waals surface area contributed by atoms with Gasteiger partial charge in [0.1, 0.15) is 6.54 Å². The molecule has 1 atom stereocenters. The molecule has 1 N–H and O–H groups in total. The lowest BCUT2D eigenvalue weighted by atomic mass is 10.1. The highest BCUT2D eigenvalue weighted by Crippen LogP contribution is 2.12. The van der Waals surface area contributed by atoms with Gasteiger partial charge in [-0.05, 0) is 18.9 Å². The molecule has 0 unspecified atom stereocenters. The summed E-state index contributed by atoms with van der Waals surface area (Å²) in [6, 6.07) is 9.36. The molecule has 22 heavy (non-hydrogen) atoms. The first kappa shape index (κ1) is 16.0. The van der Waals surface area contributed by atoms with Gasteiger partial charge in [0.05, 0.1) is 6.04 Å². The van der Waals surface area contributed by atoms with E-state index in [1.54, 1.807) is 7.05 Å². The summed E-state index contributed by atoms with van der Waals surface area (Å²) in [6.07, 6.45) is 0.761. The number of carbonyl (C=O) groups excluding carboxylic acids is 3. The second kappa shape index (κ2) is 7.06. The zero-order chi connectivity index (χ0) is 16.1. The topological polar surface area (TPSA) is 69.7 Å². The fourth-order valence-electron chi connectivity index (χ4n) is 2.43.